The second kappa shape index (κ2) is 8.94. The molecule has 0 saturated carbocycles. The van der Waals surface area contributed by atoms with Crippen LogP contribution < -0.4 is 20.3 Å². The van der Waals surface area contributed by atoms with Gasteiger partial charge in [0.05, 0.1) is 13.5 Å². The number of nitrogens with one attached hydrogen (secondary N) is 2. The molecule has 2 aromatic carbocycles. The minimum Gasteiger partial charge on any atom is -0.493 e. The number of benzene rings is 2. The third-order valence-corrected chi connectivity index (χ3v) is 3.60. The molecule has 6 nitrogen and oxygen atoms in total. The van der Waals surface area contributed by atoms with Gasteiger partial charge in [0, 0.05) is 5.02 Å². The number of carbonyl (C=O) groups excluding carboxylic acids is 2. The summed E-state index contributed by atoms with van der Waals surface area (Å²) in [6, 6.07) is 13.9. The molecule has 132 valence electrons. The van der Waals surface area contributed by atoms with E-state index in [0.717, 1.165) is 5.56 Å². The van der Waals surface area contributed by atoms with Gasteiger partial charge in [0.25, 0.3) is 5.91 Å². The minimum atomic E-state index is -0.813. The highest BCUT2D eigenvalue weighted by atomic mass is 35.5. The number of rotatable bonds is 6. The number of halogens is 1. The molecule has 0 spiro atoms. The number of hydrazine groups is 1. The van der Waals surface area contributed by atoms with Gasteiger partial charge in [-0.15, -0.1) is 0 Å². The molecule has 0 heterocycles. The van der Waals surface area contributed by atoms with Gasteiger partial charge in [-0.05, 0) is 36.8 Å². The van der Waals surface area contributed by atoms with Crippen molar-refractivity contribution in [1.82, 2.24) is 10.9 Å². The molecule has 2 rings (SSSR count). The van der Waals surface area contributed by atoms with Crippen molar-refractivity contribution in [1.29, 1.82) is 0 Å². The lowest BCUT2D eigenvalue weighted by Crippen LogP contribution is -2.47. The summed E-state index contributed by atoms with van der Waals surface area (Å²) >= 11 is 5.79. The Morgan fingerprint density at radius 1 is 1.04 bits per heavy atom. The van der Waals surface area contributed by atoms with Crippen LogP contribution in [0.1, 0.15) is 12.5 Å². The van der Waals surface area contributed by atoms with Crippen LogP contribution in [0.15, 0.2) is 48.5 Å². The van der Waals surface area contributed by atoms with Crippen LogP contribution in [0.5, 0.6) is 11.5 Å². The van der Waals surface area contributed by atoms with Crippen molar-refractivity contribution in [2.24, 2.45) is 0 Å². The third kappa shape index (κ3) is 5.69. The molecule has 1 unspecified atom stereocenters. The summed E-state index contributed by atoms with van der Waals surface area (Å²) in [6.45, 7) is 1.58. The molecule has 7 heteroatoms. The fourth-order valence-electron chi connectivity index (χ4n) is 2.02. The Balaban J connectivity index is 1.82. The van der Waals surface area contributed by atoms with Gasteiger partial charge < -0.3 is 9.47 Å². The second-order valence-electron chi connectivity index (χ2n) is 5.25. The Kier molecular flexibility index (Phi) is 6.65. The Labute approximate surface area is 151 Å². The molecular formula is C18H19ClN2O4. The van der Waals surface area contributed by atoms with E-state index in [1.54, 1.807) is 55.5 Å². The summed E-state index contributed by atoms with van der Waals surface area (Å²) in [4.78, 5) is 23.9. The van der Waals surface area contributed by atoms with Gasteiger partial charge in [0.2, 0.25) is 5.91 Å². The van der Waals surface area contributed by atoms with Crippen molar-refractivity contribution in [3.63, 3.8) is 0 Å². The Hall–Kier alpha value is -2.73. The lowest BCUT2D eigenvalue weighted by molar-refractivity contribution is -0.132. The van der Waals surface area contributed by atoms with Crippen molar-refractivity contribution in [2.45, 2.75) is 19.4 Å². The second-order valence-corrected chi connectivity index (χ2v) is 5.69. The Bertz CT molecular complexity index is 734. The largest absolute Gasteiger partial charge is 0.493 e. The predicted octanol–water partition coefficient (Wildman–Crippen LogP) is 2.51. The SMILES string of the molecule is COc1ccccc1OC(C)C(=O)NNC(=O)Cc1ccc(Cl)cc1. The standard InChI is InChI=1S/C18H19ClN2O4/c1-12(25-16-6-4-3-5-15(16)24-2)18(23)21-20-17(22)11-13-7-9-14(19)10-8-13/h3-10,12H,11H2,1-2H3,(H,20,22)(H,21,23). The van der Waals surface area contributed by atoms with Gasteiger partial charge in [-0.25, -0.2) is 0 Å². The van der Waals surface area contributed by atoms with Gasteiger partial charge in [0.1, 0.15) is 0 Å². The molecule has 0 fully saturated rings. The average Bonchev–Trinajstić information content (AvgIpc) is 2.62. The van der Waals surface area contributed by atoms with Crippen molar-refractivity contribution in [3.05, 3.63) is 59.1 Å². The molecule has 2 amide bonds. The number of carbonyl (C=O) groups is 2. The summed E-state index contributed by atoms with van der Waals surface area (Å²) in [6.07, 6.45) is -0.689. The average molecular weight is 363 g/mol. The third-order valence-electron chi connectivity index (χ3n) is 3.35. The Morgan fingerprint density at radius 3 is 2.32 bits per heavy atom. The van der Waals surface area contributed by atoms with Crippen LogP contribution in [0.2, 0.25) is 5.02 Å². The van der Waals surface area contributed by atoms with Crippen molar-refractivity contribution in [3.8, 4) is 11.5 Å². The lowest BCUT2D eigenvalue weighted by Gasteiger charge is -2.16. The highest BCUT2D eigenvalue weighted by Gasteiger charge is 2.17. The number of ether oxygens (including phenoxy) is 2. The van der Waals surface area contributed by atoms with E-state index in [1.807, 2.05) is 0 Å². The molecule has 0 aromatic heterocycles. The van der Waals surface area contributed by atoms with E-state index in [9.17, 15) is 9.59 Å². The first-order chi connectivity index (χ1) is 12.0. The van der Waals surface area contributed by atoms with Gasteiger partial charge >= 0.3 is 0 Å². The van der Waals surface area contributed by atoms with Gasteiger partial charge in [-0.3, -0.25) is 20.4 Å². The van der Waals surface area contributed by atoms with Crippen molar-refractivity contribution >= 4 is 23.4 Å². The van der Waals surface area contributed by atoms with E-state index in [-0.39, 0.29) is 12.3 Å². The zero-order valence-electron chi connectivity index (χ0n) is 13.9. The van der Waals surface area contributed by atoms with Crippen LogP contribution >= 0.6 is 11.6 Å². The smallest absolute Gasteiger partial charge is 0.279 e. The van der Waals surface area contributed by atoms with E-state index < -0.39 is 12.0 Å². The zero-order valence-corrected chi connectivity index (χ0v) is 14.7. The highest BCUT2D eigenvalue weighted by molar-refractivity contribution is 6.30. The van der Waals surface area contributed by atoms with E-state index in [0.29, 0.717) is 16.5 Å². The molecule has 0 aliphatic carbocycles. The number of para-hydroxylation sites is 2. The van der Waals surface area contributed by atoms with Gasteiger partial charge in [-0.1, -0.05) is 35.9 Å². The molecule has 2 aromatic rings. The molecular weight excluding hydrogens is 344 g/mol. The fraction of sp³-hybridized carbons (Fsp3) is 0.222. The van der Waals surface area contributed by atoms with Gasteiger partial charge in [-0.2, -0.15) is 0 Å². The number of hydrogen-bond donors (Lipinski definition) is 2. The van der Waals surface area contributed by atoms with Crippen LogP contribution in [0, 0.1) is 0 Å². The van der Waals surface area contributed by atoms with Crippen molar-refractivity contribution < 1.29 is 19.1 Å². The van der Waals surface area contributed by atoms with Crippen LogP contribution in [-0.2, 0) is 16.0 Å². The highest BCUT2D eigenvalue weighted by Crippen LogP contribution is 2.26. The monoisotopic (exact) mass is 362 g/mol. The van der Waals surface area contributed by atoms with E-state index in [1.165, 1.54) is 7.11 Å². The molecule has 0 aliphatic heterocycles. The number of methoxy groups -OCH3 is 1. The predicted molar refractivity (Wildman–Crippen MR) is 94.5 cm³/mol. The summed E-state index contributed by atoms with van der Waals surface area (Å²) in [5.74, 6) is 0.143. The lowest BCUT2D eigenvalue weighted by atomic mass is 10.1. The summed E-state index contributed by atoms with van der Waals surface area (Å²) in [7, 11) is 1.52. The molecule has 0 saturated heterocycles. The molecule has 0 radical (unpaired) electrons. The van der Waals surface area contributed by atoms with Crippen LogP contribution in [-0.4, -0.2) is 25.0 Å². The maximum absolute atomic E-state index is 12.0. The first-order valence-corrected chi connectivity index (χ1v) is 8.00. The maximum atomic E-state index is 12.0. The van der Waals surface area contributed by atoms with E-state index >= 15 is 0 Å². The molecule has 1 atom stereocenters. The molecule has 25 heavy (non-hydrogen) atoms. The summed E-state index contributed by atoms with van der Waals surface area (Å²) in [5, 5.41) is 0.597. The van der Waals surface area contributed by atoms with E-state index in [2.05, 4.69) is 10.9 Å². The molecule has 0 aliphatic rings. The van der Waals surface area contributed by atoms with Crippen molar-refractivity contribution in [2.75, 3.05) is 7.11 Å². The quantitative estimate of drug-likeness (QED) is 0.774. The fourth-order valence-corrected chi connectivity index (χ4v) is 2.15. The van der Waals surface area contributed by atoms with Crippen LogP contribution in [0.4, 0.5) is 0 Å². The normalized spacial score (nSPS) is 11.3. The van der Waals surface area contributed by atoms with Crippen LogP contribution in [0.25, 0.3) is 0 Å². The van der Waals surface area contributed by atoms with E-state index in [4.69, 9.17) is 21.1 Å². The number of hydrogen-bond acceptors (Lipinski definition) is 4. The first-order valence-electron chi connectivity index (χ1n) is 7.62. The van der Waals surface area contributed by atoms with Crippen LogP contribution in [0.3, 0.4) is 0 Å². The topological polar surface area (TPSA) is 76.7 Å². The Morgan fingerprint density at radius 2 is 1.68 bits per heavy atom. The summed E-state index contributed by atoms with van der Waals surface area (Å²) in [5.41, 5.74) is 5.49. The first kappa shape index (κ1) is 18.6. The zero-order chi connectivity index (χ0) is 18.2. The minimum absolute atomic E-state index is 0.124. The maximum Gasteiger partial charge on any atom is 0.279 e. The molecule has 0 bridgehead atoms. The molecule has 2 N–H and O–H groups in total. The number of amides is 2. The summed E-state index contributed by atoms with van der Waals surface area (Å²) < 4.78 is 10.7. The van der Waals surface area contributed by atoms with Gasteiger partial charge in [0.15, 0.2) is 17.6 Å².